The summed E-state index contributed by atoms with van der Waals surface area (Å²) in [6, 6.07) is -10.4. The lowest BCUT2D eigenvalue weighted by atomic mass is 9.96. The van der Waals surface area contributed by atoms with Gasteiger partial charge in [0.1, 0.15) is 42.3 Å². The van der Waals surface area contributed by atoms with E-state index in [9.17, 15) is 58.5 Å². The first kappa shape index (κ1) is 56.3. The first-order chi connectivity index (χ1) is 28.8. The average Bonchev–Trinajstić information content (AvgIpc) is 3.18. The molecule has 0 saturated heterocycles. The molecule has 25 heteroatoms. The lowest BCUT2D eigenvalue weighted by Crippen LogP contribution is -2.62. The van der Waals surface area contributed by atoms with E-state index >= 15 is 0 Å². The third-order valence-electron chi connectivity index (χ3n) is 9.41. The van der Waals surface area contributed by atoms with Gasteiger partial charge >= 0.3 is 5.97 Å². The van der Waals surface area contributed by atoms with Gasteiger partial charge in [0.05, 0.1) is 31.8 Å². The SMILES string of the molecule is CC[C@H](C)C(NC(=O)[C@@H](CCCN=C(N)N)NC(=O)[C@H](CC(C)C)NC(=O)[C@@H](N)[C@H](O)C(C)C)C(=O)N[C@H](C(=O)NCC(=O)N[C@@H](CC(N)=O)C(=O)N[C@@H](CO)C(=O)O)[C@@H](C)O. The summed E-state index contributed by atoms with van der Waals surface area (Å²) in [6.45, 7) is 9.56. The summed E-state index contributed by atoms with van der Waals surface area (Å²) in [5.74, 6) is -10.7. The Bertz CT molecular complexity index is 1570. The Kier molecular flexibility index (Phi) is 25.5. The lowest BCUT2D eigenvalue weighted by Gasteiger charge is -2.30. The number of carbonyl (C=O) groups is 9. The molecular formula is C37H68N12O13. The predicted molar refractivity (Wildman–Crippen MR) is 222 cm³/mol. The van der Waals surface area contributed by atoms with E-state index in [-0.39, 0.29) is 43.6 Å². The first-order valence-electron chi connectivity index (χ1n) is 20.2. The van der Waals surface area contributed by atoms with Crippen LogP contribution in [0.2, 0.25) is 0 Å². The van der Waals surface area contributed by atoms with Crippen molar-refractivity contribution >= 4 is 59.2 Å². The largest absolute Gasteiger partial charge is 0.480 e. The van der Waals surface area contributed by atoms with Crippen molar-refractivity contribution < 1.29 is 63.6 Å². The molecule has 19 N–H and O–H groups in total. The smallest absolute Gasteiger partial charge is 0.328 e. The summed E-state index contributed by atoms with van der Waals surface area (Å²) in [5, 5.41) is 55.4. The molecule has 1 unspecified atom stereocenters. The van der Waals surface area contributed by atoms with Gasteiger partial charge in [0.15, 0.2) is 5.96 Å². The van der Waals surface area contributed by atoms with Crippen molar-refractivity contribution in [3.05, 3.63) is 0 Å². The molecule has 0 rings (SSSR count). The minimum Gasteiger partial charge on any atom is -0.480 e. The number of aliphatic hydroxyl groups excluding tert-OH is 3. The van der Waals surface area contributed by atoms with Crippen LogP contribution >= 0.6 is 0 Å². The quantitative estimate of drug-likeness (QED) is 0.0189. The molecule has 0 aliphatic rings. The molecular weight excluding hydrogens is 820 g/mol. The molecule has 62 heavy (non-hydrogen) atoms. The molecule has 0 aliphatic heterocycles. The zero-order valence-corrected chi connectivity index (χ0v) is 36.3. The van der Waals surface area contributed by atoms with Crippen molar-refractivity contribution in [2.75, 3.05) is 19.7 Å². The summed E-state index contributed by atoms with van der Waals surface area (Å²) in [7, 11) is 0. The molecule has 10 atom stereocenters. The molecule has 0 aliphatic carbocycles. The Balaban J connectivity index is 6.26. The van der Waals surface area contributed by atoms with Crippen LogP contribution in [0.1, 0.15) is 80.6 Å². The highest BCUT2D eigenvalue weighted by Gasteiger charge is 2.36. The minimum absolute atomic E-state index is 0.0541. The molecule has 0 aromatic heterocycles. The van der Waals surface area contributed by atoms with Crippen LogP contribution < -0.4 is 60.2 Å². The first-order valence-corrected chi connectivity index (χ1v) is 20.2. The number of carbonyl (C=O) groups excluding carboxylic acids is 8. The molecule has 0 heterocycles. The second-order valence-corrected chi connectivity index (χ2v) is 15.7. The summed E-state index contributed by atoms with van der Waals surface area (Å²) in [5.41, 5.74) is 22.0. The summed E-state index contributed by atoms with van der Waals surface area (Å²) < 4.78 is 0. The van der Waals surface area contributed by atoms with Crippen molar-refractivity contribution in [1.82, 2.24) is 37.2 Å². The maximum Gasteiger partial charge on any atom is 0.328 e. The van der Waals surface area contributed by atoms with Crippen LogP contribution in [0, 0.1) is 17.8 Å². The topological polar surface area (TPSA) is 435 Å². The molecule has 0 aromatic rings. The van der Waals surface area contributed by atoms with Crippen molar-refractivity contribution in [2.24, 2.45) is 45.7 Å². The van der Waals surface area contributed by atoms with Gasteiger partial charge in [-0.05, 0) is 43.9 Å². The van der Waals surface area contributed by atoms with E-state index in [2.05, 4.69) is 36.9 Å². The van der Waals surface area contributed by atoms with E-state index in [1.807, 2.05) is 5.32 Å². The number of hydrogen-bond donors (Lipinski definition) is 15. The van der Waals surface area contributed by atoms with Crippen molar-refractivity contribution in [1.29, 1.82) is 0 Å². The van der Waals surface area contributed by atoms with Crippen molar-refractivity contribution in [2.45, 2.75) is 135 Å². The van der Waals surface area contributed by atoms with Crippen LogP contribution in [0.5, 0.6) is 0 Å². The predicted octanol–water partition coefficient (Wildman–Crippen LogP) is -6.17. The molecule has 0 bridgehead atoms. The average molecular weight is 889 g/mol. The number of rotatable bonds is 29. The molecule has 354 valence electrons. The van der Waals surface area contributed by atoms with Gasteiger partial charge in [-0.3, -0.25) is 43.3 Å². The number of carboxylic acid groups (broad SMARTS) is 1. The highest BCUT2D eigenvalue weighted by Crippen LogP contribution is 2.13. The second kappa shape index (κ2) is 28.0. The number of nitrogens with one attached hydrogen (secondary N) is 7. The Morgan fingerprint density at radius 2 is 1.19 bits per heavy atom. The fourth-order valence-corrected chi connectivity index (χ4v) is 5.58. The number of primary amides is 1. The van der Waals surface area contributed by atoms with E-state index in [1.165, 1.54) is 0 Å². The molecule has 0 radical (unpaired) electrons. The molecule has 8 amide bonds. The molecule has 25 nitrogen and oxygen atoms in total. The van der Waals surface area contributed by atoms with Crippen molar-refractivity contribution in [3.63, 3.8) is 0 Å². The van der Waals surface area contributed by atoms with Gasteiger partial charge in [-0.15, -0.1) is 0 Å². The standard InChI is InChI=1S/C37H68N12O13/c1-8-18(6)27(35(60)49-28(19(7)51)34(59)43-14-25(53)44-22(13-24(38)52)32(57)47-23(15-50)36(61)62)48-30(55)20(10-9-11-42-37(40)41)45-31(56)21(12-16(2)3)46-33(58)26(39)29(54)17(4)5/h16-23,26-29,50-51,54H,8-15,39H2,1-7H3,(H2,38,52)(H,43,59)(H,44,53)(H,45,56)(H,46,58)(H,47,57)(H,48,55)(H,49,60)(H,61,62)(H4,40,41,42)/t18-,19+,20+,21-,22-,23-,26-,27?,28-,29+/m0/s1. The zero-order chi connectivity index (χ0) is 48.0. The third kappa shape index (κ3) is 20.7. The molecule has 0 fully saturated rings. The summed E-state index contributed by atoms with van der Waals surface area (Å²) in [4.78, 5) is 119. The normalized spacial score (nSPS) is 16.0. The lowest BCUT2D eigenvalue weighted by molar-refractivity contribution is -0.143. The Morgan fingerprint density at radius 1 is 0.661 bits per heavy atom. The van der Waals surface area contributed by atoms with Gasteiger partial charge in [0.25, 0.3) is 0 Å². The fourth-order valence-electron chi connectivity index (χ4n) is 5.58. The summed E-state index contributed by atoms with van der Waals surface area (Å²) in [6.07, 6.45) is -3.04. The van der Waals surface area contributed by atoms with Crippen LogP contribution in [-0.2, 0) is 43.2 Å². The number of guanidine groups is 1. The number of nitrogens with zero attached hydrogens (tertiary/aromatic N) is 1. The highest BCUT2D eigenvalue weighted by atomic mass is 16.4. The van der Waals surface area contributed by atoms with Crippen molar-refractivity contribution in [3.8, 4) is 0 Å². The number of aliphatic imine (C=N–C) groups is 1. The van der Waals surface area contributed by atoms with E-state index in [0.717, 1.165) is 6.92 Å². The number of carboxylic acids is 1. The van der Waals surface area contributed by atoms with E-state index < -0.39 is 133 Å². The van der Waals surface area contributed by atoms with E-state index in [0.29, 0.717) is 6.42 Å². The minimum atomic E-state index is -1.77. The Morgan fingerprint density at radius 3 is 1.68 bits per heavy atom. The monoisotopic (exact) mass is 889 g/mol. The maximum absolute atomic E-state index is 13.9. The summed E-state index contributed by atoms with van der Waals surface area (Å²) >= 11 is 0. The van der Waals surface area contributed by atoms with Gasteiger partial charge < -0.3 is 80.6 Å². The maximum atomic E-state index is 13.9. The van der Waals surface area contributed by atoms with Crippen LogP contribution in [-0.4, -0.2) is 154 Å². The van der Waals surface area contributed by atoms with Gasteiger partial charge in [-0.25, -0.2) is 4.79 Å². The van der Waals surface area contributed by atoms with Gasteiger partial charge in [0, 0.05) is 6.54 Å². The van der Waals surface area contributed by atoms with E-state index in [1.54, 1.807) is 41.5 Å². The number of nitrogens with two attached hydrogens (primary N) is 4. The third-order valence-corrected chi connectivity index (χ3v) is 9.41. The molecule has 0 aromatic carbocycles. The Hall–Kier alpha value is -5.66. The van der Waals surface area contributed by atoms with E-state index in [4.69, 9.17) is 28.0 Å². The number of aliphatic hydroxyl groups is 3. The van der Waals surface area contributed by atoms with Crippen LogP contribution in [0.3, 0.4) is 0 Å². The highest BCUT2D eigenvalue weighted by molar-refractivity contribution is 5.98. The molecule has 0 saturated carbocycles. The Labute approximate surface area is 360 Å². The second-order valence-electron chi connectivity index (χ2n) is 15.7. The fraction of sp³-hybridized carbons (Fsp3) is 0.730. The van der Waals surface area contributed by atoms with Gasteiger partial charge in [-0.2, -0.15) is 0 Å². The van der Waals surface area contributed by atoms with Gasteiger partial charge in [-0.1, -0.05) is 48.0 Å². The number of hydrogen-bond acceptors (Lipinski definition) is 14. The van der Waals surface area contributed by atoms with Gasteiger partial charge in [0.2, 0.25) is 47.3 Å². The van der Waals surface area contributed by atoms with Crippen LogP contribution in [0.4, 0.5) is 0 Å². The number of aliphatic carboxylic acids is 1. The zero-order valence-electron chi connectivity index (χ0n) is 36.3. The van der Waals surface area contributed by atoms with Crippen LogP contribution in [0.25, 0.3) is 0 Å². The van der Waals surface area contributed by atoms with Crippen LogP contribution in [0.15, 0.2) is 4.99 Å². The molecule has 0 spiro atoms. The number of amides is 8.